The number of nitrogens with zero attached hydrogens (tertiary/aromatic N) is 2. The average molecular weight is 446 g/mol. The van der Waals surface area contributed by atoms with E-state index in [0.717, 1.165) is 22.2 Å². The summed E-state index contributed by atoms with van der Waals surface area (Å²) < 4.78 is 6.21. The van der Waals surface area contributed by atoms with Gasteiger partial charge in [-0.15, -0.1) is 0 Å². The molecule has 3 rings (SSSR count). The van der Waals surface area contributed by atoms with Gasteiger partial charge in [0, 0.05) is 15.1 Å². The second-order valence-corrected chi connectivity index (χ2v) is 7.66. The zero-order valence-corrected chi connectivity index (χ0v) is 15.8. The van der Waals surface area contributed by atoms with E-state index in [9.17, 15) is 4.79 Å². The van der Waals surface area contributed by atoms with Crippen LogP contribution in [0.4, 0.5) is 0 Å². The molecule has 1 aromatic carbocycles. The number of aromatic nitrogens is 2. The Morgan fingerprint density at radius 3 is 2.78 bits per heavy atom. The first kappa shape index (κ1) is 16.7. The van der Waals surface area contributed by atoms with E-state index in [-0.39, 0.29) is 17.9 Å². The summed E-state index contributed by atoms with van der Waals surface area (Å²) in [4.78, 5) is 17.0. The van der Waals surface area contributed by atoms with Crippen molar-refractivity contribution in [1.82, 2.24) is 15.5 Å². The van der Waals surface area contributed by atoms with Crippen molar-refractivity contribution in [3.05, 3.63) is 44.1 Å². The predicted molar refractivity (Wildman–Crippen MR) is 95.5 cm³/mol. The van der Waals surface area contributed by atoms with Crippen molar-refractivity contribution in [2.24, 2.45) is 5.92 Å². The molecule has 23 heavy (non-hydrogen) atoms. The fourth-order valence-electron chi connectivity index (χ4n) is 2.26. The van der Waals surface area contributed by atoms with Gasteiger partial charge in [0.2, 0.25) is 5.89 Å². The molecule has 2 aromatic rings. The SMILES string of the molecule is CC(C)C(NC(=O)c1ccc(Cl)c(I)c1)c1nc(C2CC2)no1. The fraction of sp³-hybridized carbons (Fsp3) is 0.438. The van der Waals surface area contributed by atoms with Crippen molar-refractivity contribution in [1.29, 1.82) is 0 Å². The van der Waals surface area contributed by atoms with Crippen molar-refractivity contribution in [3.8, 4) is 0 Å². The highest BCUT2D eigenvalue weighted by atomic mass is 127. The van der Waals surface area contributed by atoms with Crippen LogP contribution in [0.1, 0.15) is 60.7 Å². The van der Waals surface area contributed by atoms with Crippen molar-refractivity contribution < 1.29 is 9.32 Å². The molecule has 1 heterocycles. The highest BCUT2D eigenvalue weighted by molar-refractivity contribution is 14.1. The smallest absolute Gasteiger partial charge is 0.251 e. The molecule has 5 nitrogen and oxygen atoms in total. The number of hydrogen-bond acceptors (Lipinski definition) is 4. The number of carbonyl (C=O) groups is 1. The highest BCUT2D eigenvalue weighted by Gasteiger charge is 2.31. The van der Waals surface area contributed by atoms with E-state index in [1.807, 2.05) is 13.8 Å². The molecule has 0 saturated heterocycles. The molecule has 1 aliphatic carbocycles. The maximum atomic E-state index is 12.5. The lowest BCUT2D eigenvalue weighted by atomic mass is 10.0. The molecular weight excluding hydrogens is 429 g/mol. The van der Waals surface area contributed by atoms with Gasteiger partial charge < -0.3 is 9.84 Å². The number of benzene rings is 1. The van der Waals surface area contributed by atoms with Gasteiger partial charge in [0.15, 0.2) is 5.82 Å². The second kappa shape index (κ2) is 6.76. The zero-order valence-electron chi connectivity index (χ0n) is 12.8. The van der Waals surface area contributed by atoms with Crippen LogP contribution in [-0.4, -0.2) is 16.0 Å². The van der Waals surface area contributed by atoms with E-state index in [0.29, 0.717) is 22.4 Å². The second-order valence-electron chi connectivity index (χ2n) is 6.09. The molecule has 1 N–H and O–H groups in total. The topological polar surface area (TPSA) is 68.0 Å². The minimum atomic E-state index is -0.309. The normalized spacial score (nSPS) is 15.7. The van der Waals surface area contributed by atoms with Crippen LogP contribution in [-0.2, 0) is 0 Å². The molecule has 1 fully saturated rings. The first-order valence-corrected chi connectivity index (χ1v) is 9.00. The Morgan fingerprint density at radius 2 is 2.17 bits per heavy atom. The summed E-state index contributed by atoms with van der Waals surface area (Å²) >= 11 is 8.11. The fourth-order valence-corrected chi connectivity index (χ4v) is 2.89. The van der Waals surface area contributed by atoms with Gasteiger partial charge in [-0.1, -0.05) is 30.6 Å². The Labute approximate surface area is 153 Å². The Balaban J connectivity index is 1.78. The molecule has 1 aromatic heterocycles. The van der Waals surface area contributed by atoms with E-state index in [4.69, 9.17) is 16.1 Å². The maximum absolute atomic E-state index is 12.5. The highest BCUT2D eigenvalue weighted by Crippen LogP contribution is 2.38. The molecule has 0 bridgehead atoms. The largest absolute Gasteiger partial charge is 0.340 e. The van der Waals surface area contributed by atoms with Gasteiger partial charge in [-0.25, -0.2) is 0 Å². The first-order valence-electron chi connectivity index (χ1n) is 7.55. The van der Waals surface area contributed by atoms with Crippen LogP contribution in [0.3, 0.4) is 0 Å². The van der Waals surface area contributed by atoms with Crippen molar-refractivity contribution in [2.45, 2.75) is 38.6 Å². The van der Waals surface area contributed by atoms with Crippen LogP contribution >= 0.6 is 34.2 Å². The number of halogens is 2. The summed E-state index contributed by atoms with van der Waals surface area (Å²) in [5.74, 6) is 1.61. The summed E-state index contributed by atoms with van der Waals surface area (Å²) in [6.45, 7) is 4.02. The van der Waals surface area contributed by atoms with Gasteiger partial charge in [0.05, 0.1) is 5.02 Å². The maximum Gasteiger partial charge on any atom is 0.251 e. The van der Waals surface area contributed by atoms with E-state index >= 15 is 0 Å². The Kier molecular flexibility index (Phi) is 4.91. The Bertz CT molecular complexity index is 728. The molecule has 122 valence electrons. The predicted octanol–water partition coefficient (Wildman–Crippen LogP) is 4.33. The minimum absolute atomic E-state index is 0.137. The Morgan fingerprint density at radius 1 is 1.43 bits per heavy atom. The van der Waals surface area contributed by atoms with Crippen LogP contribution in [0.25, 0.3) is 0 Å². The van der Waals surface area contributed by atoms with Crippen molar-refractivity contribution in [3.63, 3.8) is 0 Å². The number of carbonyl (C=O) groups excluding carboxylic acids is 1. The van der Waals surface area contributed by atoms with Gasteiger partial charge in [-0.2, -0.15) is 4.98 Å². The quantitative estimate of drug-likeness (QED) is 0.696. The van der Waals surface area contributed by atoms with Crippen LogP contribution < -0.4 is 5.32 Å². The zero-order chi connectivity index (χ0) is 16.6. The van der Waals surface area contributed by atoms with Crippen molar-refractivity contribution in [2.75, 3.05) is 0 Å². The summed E-state index contributed by atoms with van der Waals surface area (Å²) in [5.41, 5.74) is 0.561. The third-order valence-corrected chi connectivity index (χ3v) is 5.34. The van der Waals surface area contributed by atoms with Gasteiger partial charge in [0.25, 0.3) is 5.91 Å². The lowest BCUT2D eigenvalue weighted by Crippen LogP contribution is -2.32. The van der Waals surface area contributed by atoms with E-state index in [1.54, 1.807) is 18.2 Å². The number of amides is 1. The summed E-state index contributed by atoms with van der Waals surface area (Å²) in [7, 11) is 0. The number of rotatable bonds is 5. The van der Waals surface area contributed by atoms with Crippen LogP contribution in [0.15, 0.2) is 22.7 Å². The number of hydrogen-bond donors (Lipinski definition) is 1. The molecule has 1 aliphatic rings. The van der Waals surface area contributed by atoms with E-state index in [2.05, 4.69) is 38.0 Å². The van der Waals surface area contributed by atoms with Gasteiger partial charge >= 0.3 is 0 Å². The molecule has 1 amide bonds. The van der Waals surface area contributed by atoms with E-state index < -0.39 is 0 Å². The van der Waals surface area contributed by atoms with Crippen LogP contribution in [0, 0.1) is 9.49 Å². The summed E-state index contributed by atoms with van der Waals surface area (Å²) in [6.07, 6.45) is 2.22. The van der Waals surface area contributed by atoms with Gasteiger partial charge in [-0.05, 0) is 59.5 Å². The van der Waals surface area contributed by atoms with Crippen LogP contribution in [0.2, 0.25) is 5.02 Å². The monoisotopic (exact) mass is 445 g/mol. The van der Waals surface area contributed by atoms with E-state index in [1.165, 1.54) is 0 Å². The molecule has 7 heteroatoms. The molecule has 1 saturated carbocycles. The molecule has 1 atom stereocenters. The van der Waals surface area contributed by atoms with Crippen LogP contribution in [0.5, 0.6) is 0 Å². The Hall–Kier alpha value is -1.15. The lowest BCUT2D eigenvalue weighted by Gasteiger charge is -2.18. The first-order chi connectivity index (χ1) is 11.0. The van der Waals surface area contributed by atoms with Gasteiger partial charge in [-0.3, -0.25) is 4.79 Å². The summed E-state index contributed by atoms with van der Waals surface area (Å²) in [6, 6.07) is 4.89. The molecule has 0 aliphatic heterocycles. The molecular formula is C16H17ClIN3O2. The van der Waals surface area contributed by atoms with Crippen molar-refractivity contribution >= 4 is 40.1 Å². The number of nitrogens with one attached hydrogen (secondary N) is 1. The molecule has 0 spiro atoms. The van der Waals surface area contributed by atoms with Gasteiger partial charge in [0.1, 0.15) is 6.04 Å². The molecule has 0 radical (unpaired) electrons. The third kappa shape index (κ3) is 3.85. The third-order valence-electron chi connectivity index (χ3n) is 3.80. The standard InChI is InChI=1S/C16H17ClIN3O2/c1-8(2)13(16-20-14(21-23-16)9-3-4-9)19-15(22)10-5-6-11(17)12(18)7-10/h5-9,13H,3-4H2,1-2H3,(H,19,22). The minimum Gasteiger partial charge on any atom is -0.340 e. The molecule has 1 unspecified atom stereocenters. The lowest BCUT2D eigenvalue weighted by molar-refractivity contribution is 0.0914. The summed E-state index contributed by atoms with van der Waals surface area (Å²) in [5, 5.41) is 7.65. The average Bonchev–Trinajstić information content (AvgIpc) is 3.25.